The quantitative estimate of drug-likeness (QED) is 0.707. The number of hydrogen-bond acceptors (Lipinski definition) is 3. The van der Waals surface area contributed by atoms with E-state index in [4.69, 9.17) is 4.74 Å². The zero-order chi connectivity index (χ0) is 11.9. The lowest BCUT2D eigenvalue weighted by atomic mass is 9.85. The van der Waals surface area contributed by atoms with Crippen molar-refractivity contribution in [2.45, 2.75) is 31.8 Å². The highest BCUT2D eigenvalue weighted by atomic mass is 32.1. The molecule has 1 amide bonds. The van der Waals surface area contributed by atoms with E-state index in [0.29, 0.717) is 0 Å². The fourth-order valence-corrected chi connectivity index (χ4v) is 4.08. The fourth-order valence-electron chi connectivity index (χ4n) is 2.91. The maximum absolute atomic E-state index is 11.4. The molecule has 4 heteroatoms. The lowest BCUT2D eigenvalue weighted by Gasteiger charge is -2.43. The molecule has 0 saturated carbocycles. The second kappa shape index (κ2) is 4.10. The summed E-state index contributed by atoms with van der Waals surface area (Å²) in [6.45, 7) is 4.12. The minimum atomic E-state index is -0.0896. The molecule has 0 atom stereocenters. The van der Waals surface area contributed by atoms with E-state index in [-0.39, 0.29) is 11.5 Å². The van der Waals surface area contributed by atoms with Gasteiger partial charge >= 0.3 is 0 Å². The largest absolute Gasteiger partial charge is 0.369 e. The zero-order valence-electron chi connectivity index (χ0n) is 10.1. The second-order valence-corrected chi connectivity index (χ2v) is 5.79. The summed E-state index contributed by atoms with van der Waals surface area (Å²) in [5.41, 5.74) is 1.37. The lowest BCUT2D eigenvalue weighted by Crippen LogP contribution is -2.47. The van der Waals surface area contributed by atoms with Crippen LogP contribution in [0.3, 0.4) is 0 Å². The molecule has 17 heavy (non-hydrogen) atoms. The van der Waals surface area contributed by atoms with Crippen LogP contribution in [0.15, 0.2) is 11.4 Å². The van der Waals surface area contributed by atoms with Gasteiger partial charge in [-0.2, -0.15) is 0 Å². The highest BCUT2D eigenvalue weighted by Crippen LogP contribution is 2.44. The molecular weight excluding hydrogens is 234 g/mol. The Balaban J connectivity index is 1.84. The van der Waals surface area contributed by atoms with E-state index in [1.165, 1.54) is 10.4 Å². The molecule has 0 N–H and O–H groups in total. The number of nitrogens with zero attached hydrogens (tertiary/aromatic N) is 1. The van der Waals surface area contributed by atoms with Gasteiger partial charge in [-0.15, -0.1) is 11.3 Å². The van der Waals surface area contributed by atoms with E-state index >= 15 is 0 Å². The van der Waals surface area contributed by atoms with Crippen molar-refractivity contribution in [3.05, 3.63) is 21.9 Å². The van der Waals surface area contributed by atoms with E-state index in [9.17, 15) is 4.79 Å². The molecule has 0 unspecified atom stereocenters. The molecule has 3 nitrogen and oxygen atoms in total. The number of likely N-dealkylation sites (tertiary alicyclic amines) is 1. The van der Waals surface area contributed by atoms with Crippen molar-refractivity contribution in [2.24, 2.45) is 0 Å². The summed E-state index contributed by atoms with van der Waals surface area (Å²) in [5.74, 6) is 0.182. The van der Waals surface area contributed by atoms with Crippen LogP contribution >= 0.6 is 11.3 Å². The van der Waals surface area contributed by atoms with Crippen LogP contribution in [0.5, 0.6) is 0 Å². The average molecular weight is 251 g/mol. The van der Waals surface area contributed by atoms with Gasteiger partial charge < -0.3 is 9.64 Å². The maximum atomic E-state index is 11.4. The highest BCUT2D eigenvalue weighted by Gasteiger charge is 2.42. The van der Waals surface area contributed by atoms with Crippen LogP contribution in [0.1, 0.15) is 30.2 Å². The minimum Gasteiger partial charge on any atom is -0.369 e. The van der Waals surface area contributed by atoms with Crippen molar-refractivity contribution in [1.82, 2.24) is 4.90 Å². The Bertz CT molecular complexity index is 432. The summed E-state index contributed by atoms with van der Waals surface area (Å²) in [5, 5.41) is 2.17. The van der Waals surface area contributed by atoms with Crippen LogP contribution < -0.4 is 0 Å². The number of carbonyl (C=O) groups excluding carboxylic acids is 1. The molecule has 0 radical (unpaired) electrons. The van der Waals surface area contributed by atoms with E-state index in [0.717, 1.165) is 39.0 Å². The Kier molecular flexibility index (Phi) is 2.71. The van der Waals surface area contributed by atoms with Crippen molar-refractivity contribution in [2.75, 3.05) is 19.7 Å². The Morgan fingerprint density at radius 1 is 1.47 bits per heavy atom. The van der Waals surface area contributed by atoms with Crippen LogP contribution in [-0.2, 0) is 21.6 Å². The topological polar surface area (TPSA) is 29.5 Å². The number of amides is 1. The summed E-state index contributed by atoms with van der Waals surface area (Å²) < 4.78 is 6.09. The van der Waals surface area contributed by atoms with Gasteiger partial charge in [0, 0.05) is 24.9 Å². The minimum absolute atomic E-state index is 0.0896. The predicted molar refractivity (Wildman–Crippen MR) is 67.1 cm³/mol. The van der Waals surface area contributed by atoms with Crippen molar-refractivity contribution in [1.29, 1.82) is 0 Å². The first kappa shape index (κ1) is 11.2. The van der Waals surface area contributed by atoms with Crippen molar-refractivity contribution in [3.63, 3.8) is 0 Å². The first-order chi connectivity index (χ1) is 8.21. The molecule has 1 saturated heterocycles. The van der Waals surface area contributed by atoms with Crippen LogP contribution in [0, 0.1) is 0 Å². The predicted octanol–water partition coefficient (Wildman–Crippen LogP) is 2.16. The first-order valence-electron chi connectivity index (χ1n) is 6.18. The molecule has 2 aliphatic rings. The second-order valence-electron chi connectivity index (χ2n) is 4.87. The zero-order valence-corrected chi connectivity index (χ0v) is 10.9. The van der Waals surface area contributed by atoms with E-state index < -0.39 is 0 Å². The summed E-state index contributed by atoms with van der Waals surface area (Å²) in [6.07, 6.45) is 2.93. The van der Waals surface area contributed by atoms with Gasteiger partial charge in [-0.05, 0) is 36.3 Å². The fraction of sp³-hybridized carbons (Fsp3) is 0.615. The number of thiophene rings is 1. The Labute approximate surface area is 105 Å². The van der Waals surface area contributed by atoms with Gasteiger partial charge in [0.1, 0.15) is 5.60 Å². The third-order valence-corrected chi connectivity index (χ3v) is 5.07. The summed E-state index contributed by atoms with van der Waals surface area (Å²) >= 11 is 1.81. The third kappa shape index (κ3) is 1.79. The molecule has 2 aliphatic heterocycles. The maximum Gasteiger partial charge on any atom is 0.219 e. The van der Waals surface area contributed by atoms with Crippen LogP contribution in [0.25, 0.3) is 0 Å². The van der Waals surface area contributed by atoms with Crippen molar-refractivity contribution >= 4 is 17.2 Å². The van der Waals surface area contributed by atoms with Gasteiger partial charge in [0.25, 0.3) is 0 Å². The van der Waals surface area contributed by atoms with E-state index in [2.05, 4.69) is 11.4 Å². The third-order valence-electron chi connectivity index (χ3n) is 3.93. The molecule has 1 fully saturated rings. The Morgan fingerprint density at radius 3 is 2.94 bits per heavy atom. The SMILES string of the molecule is CC(=O)N1CCC2(CC1)OCCc1ccsc12. The monoisotopic (exact) mass is 251 g/mol. The molecule has 92 valence electrons. The van der Waals surface area contributed by atoms with Crippen LogP contribution in [0.4, 0.5) is 0 Å². The molecule has 0 aliphatic carbocycles. The molecule has 0 aromatic carbocycles. The lowest BCUT2D eigenvalue weighted by molar-refractivity contribution is -0.138. The van der Waals surface area contributed by atoms with Gasteiger partial charge in [-0.1, -0.05) is 0 Å². The van der Waals surface area contributed by atoms with Gasteiger partial charge in [0.15, 0.2) is 0 Å². The number of fused-ring (bicyclic) bond motifs is 2. The molecule has 3 rings (SSSR count). The standard InChI is InChI=1S/C13H17NO2S/c1-10(15)14-6-4-13(5-7-14)12-11(2-8-16-13)3-9-17-12/h3,9H,2,4-8H2,1H3. The van der Waals surface area contributed by atoms with Gasteiger partial charge in [-0.3, -0.25) is 4.79 Å². The highest BCUT2D eigenvalue weighted by molar-refractivity contribution is 7.10. The first-order valence-corrected chi connectivity index (χ1v) is 7.06. The van der Waals surface area contributed by atoms with E-state index in [1.807, 2.05) is 16.2 Å². The van der Waals surface area contributed by atoms with E-state index in [1.54, 1.807) is 6.92 Å². The smallest absolute Gasteiger partial charge is 0.219 e. The number of rotatable bonds is 0. The number of ether oxygens (including phenoxy) is 1. The van der Waals surface area contributed by atoms with Crippen molar-refractivity contribution < 1.29 is 9.53 Å². The number of carbonyl (C=O) groups is 1. The van der Waals surface area contributed by atoms with Gasteiger partial charge in [0.2, 0.25) is 5.91 Å². The average Bonchev–Trinajstić information content (AvgIpc) is 2.80. The summed E-state index contributed by atoms with van der Waals surface area (Å²) in [4.78, 5) is 14.7. The van der Waals surface area contributed by atoms with Crippen LogP contribution in [-0.4, -0.2) is 30.5 Å². The molecule has 1 spiro atoms. The number of piperidine rings is 1. The van der Waals surface area contributed by atoms with Gasteiger partial charge in [-0.25, -0.2) is 0 Å². The summed E-state index contributed by atoms with van der Waals surface area (Å²) in [7, 11) is 0. The van der Waals surface area contributed by atoms with Gasteiger partial charge in [0.05, 0.1) is 6.61 Å². The summed E-state index contributed by atoms with van der Waals surface area (Å²) in [6, 6.07) is 2.22. The molecular formula is C13H17NO2S. The molecule has 0 bridgehead atoms. The number of hydrogen-bond donors (Lipinski definition) is 0. The van der Waals surface area contributed by atoms with Crippen LogP contribution in [0.2, 0.25) is 0 Å². The molecule has 1 aromatic rings. The van der Waals surface area contributed by atoms with Crippen molar-refractivity contribution in [3.8, 4) is 0 Å². The molecule has 1 aromatic heterocycles. The Morgan fingerprint density at radius 2 is 2.24 bits per heavy atom. The Hall–Kier alpha value is -0.870. The molecule has 3 heterocycles. The normalized spacial score (nSPS) is 22.5.